The van der Waals surface area contributed by atoms with Gasteiger partial charge in [0.1, 0.15) is 0 Å². The van der Waals surface area contributed by atoms with Crippen LogP contribution in [0.15, 0.2) is 0 Å². The van der Waals surface area contributed by atoms with Crippen molar-refractivity contribution in [2.24, 2.45) is 5.92 Å². The fourth-order valence-electron chi connectivity index (χ4n) is 0.693. The van der Waals surface area contributed by atoms with E-state index in [1.165, 1.54) is 25.9 Å². The van der Waals surface area contributed by atoms with Crippen molar-refractivity contribution in [1.82, 2.24) is 5.32 Å². The normalized spacial score (nSPS) is 8.77. The molecule has 0 heterocycles. The van der Waals surface area contributed by atoms with Gasteiger partial charge in [-0.1, -0.05) is 27.2 Å². The molecule has 0 radical (unpaired) electrons. The molecule has 0 aromatic heterocycles. The Kier molecular flexibility index (Phi) is 26.3. The third-order valence-corrected chi connectivity index (χ3v) is 1.26. The number of hydrogen-bond acceptors (Lipinski definition) is 3. The molecule has 0 aliphatic heterocycles. The van der Waals surface area contributed by atoms with Gasteiger partial charge in [0.25, 0.3) is 0 Å². The maximum Gasteiger partial charge on any atom is 0.00795 e. The topological polar surface area (TPSA) is 63.8 Å². The van der Waals surface area contributed by atoms with E-state index in [1.54, 1.807) is 6.26 Å². The lowest BCUT2D eigenvalue weighted by Gasteiger charge is -2.05. The number of hydrogen-bond donors (Lipinski definition) is 2. The predicted molar refractivity (Wildman–Crippen MR) is 62.4 cm³/mol. The Morgan fingerprint density at radius 1 is 1.38 bits per heavy atom. The quantitative estimate of drug-likeness (QED) is 0.540. The van der Waals surface area contributed by atoms with Gasteiger partial charge in [-0.15, -0.1) is 0 Å². The summed E-state index contributed by atoms with van der Waals surface area (Å²) >= 11 is 0.750. The summed E-state index contributed by atoms with van der Waals surface area (Å²) in [6, 6.07) is 0. The van der Waals surface area contributed by atoms with E-state index in [0.29, 0.717) is 0 Å². The van der Waals surface area contributed by atoms with Gasteiger partial charge in [0, 0.05) is 6.26 Å². The van der Waals surface area contributed by atoms with Gasteiger partial charge < -0.3 is 15.3 Å². The first-order chi connectivity index (χ1) is 5.68. The fourth-order valence-corrected chi connectivity index (χ4v) is 0.693. The smallest absolute Gasteiger partial charge is 0.00795 e. The molecule has 4 N–H and O–H groups in total. The lowest BCUT2D eigenvalue weighted by atomic mass is 10.2. The zero-order chi connectivity index (χ0) is 9.82. The standard InChI is InChI=1S/C8H19N.CH4OS.H2O/c1-4-5-6-9-7-8(2)3;1-3-2;/h8-9H,4-7H2,1-3H3;2H,1H3;1H2. The molecule has 3 nitrogen and oxygen atoms in total. The molecule has 0 fully saturated rings. The molecule has 0 rings (SSSR count). The molecule has 0 aliphatic rings. The largest absolute Gasteiger partial charge is 0.412 e. The Labute approximate surface area is 86.8 Å². The highest BCUT2D eigenvalue weighted by Crippen LogP contribution is 1.88. The first kappa shape index (κ1) is 18.9. The van der Waals surface area contributed by atoms with E-state index < -0.39 is 0 Å². The van der Waals surface area contributed by atoms with Crippen LogP contribution in [0, 0.1) is 5.92 Å². The molecule has 0 amide bonds. The van der Waals surface area contributed by atoms with Crippen molar-refractivity contribution in [2.75, 3.05) is 19.3 Å². The third kappa shape index (κ3) is 33.0. The van der Waals surface area contributed by atoms with Crippen molar-refractivity contribution >= 4 is 12.0 Å². The second-order valence-electron chi connectivity index (χ2n) is 3.13. The minimum Gasteiger partial charge on any atom is -0.412 e. The molecule has 0 unspecified atom stereocenters. The van der Waals surface area contributed by atoms with E-state index in [4.69, 9.17) is 4.55 Å². The molecule has 84 valence electrons. The molecular weight excluding hydrogens is 186 g/mol. The molecular formula is C9H25NO2S. The van der Waals surface area contributed by atoms with Crippen molar-refractivity contribution in [3.8, 4) is 0 Å². The summed E-state index contributed by atoms with van der Waals surface area (Å²) in [4.78, 5) is 0. The van der Waals surface area contributed by atoms with Crippen LogP contribution in [-0.4, -0.2) is 29.4 Å². The Morgan fingerprint density at radius 2 is 1.85 bits per heavy atom. The SMILES string of the molecule is CCCCNCC(C)C.CSO.O. The third-order valence-electron chi connectivity index (χ3n) is 1.26. The number of unbranched alkanes of at least 4 members (excludes halogenated alkanes) is 1. The Bertz CT molecular complexity index is 72.6. The van der Waals surface area contributed by atoms with Crippen LogP contribution in [0.5, 0.6) is 0 Å². The first-order valence-electron chi connectivity index (χ1n) is 4.57. The average Bonchev–Trinajstić information content (AvgIpc) is 1.99. The van der Waals surface area contributed by atoms with Gasteiger partial charge in [-0.2, -0.15) is 0 Å². The fraction of sp³-hybridized carbons (Fsp3) is 1.00. The number of nitrogens with one attached hydrogen (secondary N) is 1. The minimum absolute atomic E-state index is 0. The van der Waals surface area contributed by atoms with Crippen molar-refractivity contribution in [2.45, 2.75) is 33.6 Å². The summed E-state index contributed by atoms with van der Waals surface area (Å²) in [5, 5.41) is 3.39. The molecule has 0 saturated carbocycles. The minimum atomic E-state index is 0. The van der Waals surface area contributed by atoms with Gasteiger partial charge in [-0.25, -0.2) is 0 Å². The lowest BCUT2D eigenvalue weighted by molar-refractivity contribution is 0.540. The van der Waals surface area contributed by atoms with Gasteiger partial charge >= 0.3 is 0 Å². The summed E-state index contributed by atoms with van der Waals surface area (Å²) in [7, 11) is 0. The second-order valence-corrected chi connectivity index (χ2v) is 3.50. The predicted octanol–water partition coefficient (Wildman–Crippen LogP) is 2.03. The Hall–Kier alpha value is 0.230. The molecule has 0 spiro atoms. The van der Waals surface area contributed by atoms with Crippen molar-refractivity contribution in [3.05, 3.63) is 0 Å². The molecule has 0 atom stereocenters. The van der Waals surface area contributed by atoms with Crippen LogP contribution in [0.4, 0.5) is 0 Å². The summed E-state index contributed by atoms with van der Waals surface area (Å²) in [5.41, 5.74) is 0. The van der Waals surface area contributed by atoms with E-state index >= 15 is 0 Å². The molecule has 0 aromatic rings. The highest BCUT2D eigenvalue weighted by atomic mass is 32.2. The van der Waals surface area contributed by atoms with Gasteiger partial charge in [0.15, 0.2) is 0 Å². The monoisotopic (exact) mass is 211 g/mol. The van der Waals surface area contributed by atoms with Crippen LogP contribution >= 0.6 is 12.0 Å². The van der Waals surface area contributed by atoms with Gasteiger partial charge in [0.2, 0.25) is 0 Å². The van der Waals surface area contributed by atoms with E-state index in [0.717, 1.165) is 18.0 Å². The molecule has 13 heavy (non-hydrogen) atoms. The second kappa shape index (κ2) is 18.1. The van der Waals surface area contributed by atoms with E-state index in [9.17, 15) is 0 Å². The summed E-state index contributed by atoms with van der Waals surface area (Å²) in [5.74, 6) is 0.793. The Balaban J connectivity index is -0.000000220. The average molecular weight is 211 g/mol. The highest BCUT2D eigenvalue weighted by molar-refractivity contribution is 7.93. The van der Waals surface area contributed by atoms with E-state index in [2.05, 4.69) is 26.1 Å². The van der Waals surface area contributed by atoms with Crippen LogP contribution < -0.4 is 5.32 Å². The molecule has 0 saturated heterocycles. The van der Waals surface area contributed by atoms with Crippen LogP contribution in [0.25, 0.3) is 0 Å². The van der Waals surface area contributed by atoms with Crippen LogP contribution in [-0.2, 0) is 0 Å². The number of rotatable bonds is 5. The zero-order valence-electron chi connectivity index (χ0n) is 9.26. The van der Waals surface area contributed by atoms with E-state index in [1.807, 2.05) is 0 Å². The molecule has 0 aliphatic carbocycles. The van der Waals surface area contributed by atoms with Gasteiger partial charge in [-0.05, 0) is 37.5 Å². The Morgan fingerprint density at radius 3 is 2.15 bits per heavy atom. The lowest BCUT2D eigenvalue weighted by Crippen LogP contribution is -2.20. The zero-order valence-corrected chi connectivity index (χ0v) is 10.1. The summed E-state index contributed by atoms with van der Waals surface area (Å²) in [6.45, 7) is 9.05. The first-order valence-corrected chi connectivity index (χ1v) is 5.75. The molecule has 0 aromatic carbocycles. The van der Waals surface area contributed by atoms with Gasteiger partial charge in [-0.3, -0.25) is 0 Å². The summed E-state index contributed by atoms with van der Waals surface area (Å²) < 4.78 is 7.49. The van der Waals surface area contributed by atoms with Crippen LogP contribution in [0.3, 0.4) is 0 Å². The van der Waals surface area contributed by atoms with Crippen molar-refractivity contribution in [3.63, 3.8) is 0 Å². The molecule has 4 heteroatoms. The molecule has 0 bridgehead atoms. The maximum atomic E-state index is 7.49. The maximum absolute atomic E-state index is 7.49. The van der Waals surface area contributed by atoms with Gasteiger partial charge in [0.05, 0.1) is 0 Å². The van der Waals surface area contributed by atoms with E-state index in [-0.39, 0.29) is 5.48 Å². The van der Waals surface area contributed by atoms with Crippen molar-refractivity contribution in [1.29, 1.82) is 0 Å². The van der Waals surface area contributed by atoms with Crippen molar-refractivity contribution < 1.29 is 10.0 Å². The summed E-state index contributed by atoms with van der Waals surface area (Å²) in [6.07, 6.45) is 4.21. The highest BCUT2D eigenvalue weighted by Gasteiger charge is 1.89. The van der Waals surface area contributed by atoms with Crippen LogP contribution in [0.2, 0.25) is 0 Å². The van der Waals surface area contributed by atoms with Crippen LogP contribution in [0.1, 0.15) is 33.6 Å².